The summed E-state index contributed by atoms with van der Waals surface area (Å²) < 4.78 is 11.9. The first kappa shape index (κ1) is 7.61. The Bertz CT molecular complexity index is 242. The van der Waals surface area contributed by atoms with E-state index in [1.807, 2.05) is 6.66 Å². The zero-order valence-corrected chi connectivity index (χ0v) is 7.94. The maximum atomic E-state index is 11.9. The van der Waals surface area contributed by atoms with Crippen molar-refractivity contribution in [2.45, 2.75) is 31.3 Å². The molecule has 62 valence electrons. The Kier molecular flexibility index (Phi) is 1.72. The summed E-state index contributed by atoms with van der Waals surface area (Å²) in [7, 11) is -1.77. The van der Waals surface area contributed by atoms with Crippen molar-refractivity contribution in [1.82, 2.24) is 0 Å². The van der Waals surface area contributed by atoms with Crippen LogP contribution in [-0.2, 0) is 4.57 Å². The molecular weight excluding hydrogens is 155 g/mol. The van der Waals surface area contributed by atoms with E-state index in [0.29, 0.717) is 5.66 Å². The van der Waals surface area contributed by atoms with Crippen molar-refractivity contribution < 1.29 is 4.57 Å². The summed E-state index contributed by atoms with van der Waals surface area (Å²) in [6.07, 6.45) is 8.15. The summed E-state index contributed by atoms with van der Waals surface area (Å²) in [5.41, 5.74) is 2.01. The second-order valence-corrected chi connectivity index (χ2v) is 7.23. The van der Waals surface area contributed by atoms with Gasteiger partial charge in [-0.15, -0.1) is 0 Å². The predicted molar refractivity (Wildman–Crippen MR) is 48.7 cm³/mol. The molecular formula is C9H15OP. The van der Waals surface area contributed by atoms with Gasteiger partial charge in [0.2, 0.25) is 0 Å². The Hall–Kier alpha value is -0.0300. The van der Waals surface area contributed by atoms with Gasteiger partial charge in [0.1, 0.15) is 0 Å². The standard InChI is InChI=1S/C9H15OP/c1-11(10)7-6-8-4-2-3-5-9(8)11/h6,9H,2-5,7H2,1H3/t9-,11-/m0/s1. The van der Waals surface area contributed by atoms with Crippen molar-refractivity contribution in [2.75, 3.05) is 12.8 Å². The first-order valence-electron chi connectivity index (χ1n) is 4.45. The molecule has 0 bridgehead atoms. The second kappa shape index (κ2) is 2.48. The van der Waals surface area contributed by atoms with Crippen LogP contribution in [0.3, 0.4) is 0 Å². The normalized spacial score (nSPS) is 43.4. The molecule has 0 saturated heterocycles. The van der Waals surface area contributed by atoms with Gasteiger partial charge in [-0.2, -0.15) is 0 Å². The first-order valence-corrected chi connectivity index (χ1v) is 6.86. The van der Waals surface area contributed by atoms with E-state index >= 15 is 0 Å². The molecule has 0 unspecified atom stereocenters. The number of fused-ring (bicyclic) bond motifs is 1. The highest BCUT2D eigenvalue weighted by molar-refractivity contribution is 7.64. The highest BCUT2D eigenvalue weighted by atomic mass is 31.2. The van der Waals surface area contributed by atoms with Crippen LogP contribution in [0.2, 0.25) is 0 Å². The Morgan fingerprint density at radius 2 is 2.36 bits per heavy atom. The van der Waals surface area contributed by atoms with Gasteiger partial charge in [0.05, 0.1) is 7.14 Å². The van der Waals surface area contributed by atoms with E-state index in [9.17, 15) is 4.57 Å². The van der Waals surface area contributed by atoms with Crippen LogP contribution in [0.1, 0.15) is 25.7 Å². The number of allylic oxidation sites excluding steroid dienone is 2. The fourth-order valence-electron chi connectivity index (χ4n) is 2.31. The highest BCUT2D eigenvalue weighted by Gasteiger charge is 2.36. The molecule has 0 aromatic rings. The van der Waals surface area contributed by atoms with E-state index in [4.69, 9.17) is 0 Å². The first-order chi connectivity index (χ1) is 5.20. The van der Waals surface area contributed by atoms with E-state index in [1.165, 1.54) is 31.3 Å². The Morgan fingerprint density at radius 1 is 1.55 bits per heavy atom. The van der Waals surface area contributed by atoms with Crippen molar-refractivity contribution in [3.05, 3.63) is 11.6 Å². The maximum absolute atomic E-state index is 11.9. The van der Waals surface area contributed by atoms with E-state index in [2.05, 4.69) is 6.08 Å². The Labute approximate surface area is 68.2 Å². The SMILES string of the molecule is C[P@]1(=O)CC=C2CCCC[C@@H]21. The van der Waals surface area contributed by atoms with Gasteiger partial charge in [-0.1, -0.05) is 18.1 Å². The molecule has 0 aromatic heterocycles. The minimum Gasteiger partial charge on any atom is -0.323 e. The fourth-order valence-corrected chi connectivity index (χ4v) is 4.82. The van der Waals surface area contributed by atoms with Gasteiger partial charge in [0.25, 0.3) is 0 Å². The molecule has 2 atom stereocenters. The summed E-state index contributed by atoms with van der Waals surface area (Å²) in [5, 5.41) is 0. The van der Waals surface area contributed by atoms with Crippen LogP contribution in [0, 0.1) is 0 Å². The lowest BCUT2D eigenvalue weighted by Crippen LogP contribution is -2.11. The topological polar surface area (TPSA) is 17.1 Å². The summed E-state index contributed by atoms with van der Waals surface area (Å²) in [5.74, 6) is 0. The van der Waals surface area contributed by atoms with Crippen molar-refractivity contribution in [3.63, 3.8) is 0 Å². The molecule has 1 saturated carbocycles. The van der Waals surface area contributed by atoms with Gasteiger partial charge in [0.15, 0.2) is 0 Å². The van der Waals surface area contributed by atoms with Gasteiger partial charge >= 0.3 is 0 Å². The lowest BCUT2D eigenvalue weighted by Gasteiger charge is -2.24. The summed E-state index contributed by atoms with van der Waals surface area (Å²) in [6, 6.07) is 0. The number of rotatable bonds is 0. The third kappa shape index (κ3) is 1.20. The summed E-state index contributed by atoms with van der Waals surface area (Å²) >= 11 is 0. The molecule has 0 spiro atoms. The molecule has 2 heteroatoms. The molecule has 0 aromatic carbocycles. The molecule has 1 heterocycles. The van der Waals surface area contributed by atoms with Gasteiger partial charge in [-0.25, -0.2) is 0 Å². The van der Waals surface area contributed by atoms with Gasteiger partial charge in [-0.05, 0) is 25.9 Å². The van der Waals surface area contributed by atoms with Gasteiger partial charge < -0.3 is 4.57 Å². The van der Waals surface area contributed by atoms with E-state index < -0.39 is 7.14 Å². The van der Waals surface area contributed by atoms with Crippen molar-refractivity contribution in [2.24, 2.45) is 0 Å². The zero-order valence-electron chi connectivity index (χ0n) is 7.05. The smallest absolute Gasteiger partial charge is 0.0951 e. The van der Waals surface area contributed by atoms with Crippen LogP contribution in [0.25, 0.3) is 0 Å². The molecule has 0 N–H and O–H groups in total. The van der Waals surface area contributed by atoms with E-state index in [1.54, 1.807) is 0 Å². The third-order valence-electron chi connectivity index (χ3n) is 3.00. The molecule has 2 aliphatic rings. The van der Waals surface area contributed by atoms with Crippen LogP contribution in [0.4, 0.5) is 0 Å². The molecule has 2 rings (SSSR count). The summed E-state index contributed by atoms with van der Waals surface area (Å²) in [6.45, 7) is 1.98. The predicted octanol–water partition coefficient (Wildman–Crippen LogP) is 2.86. The van der Waals surface area contributed by atoms with Crippen LogP contribution >= 0.6 is 7.14 Å². The zero-order chi connectivity index (χ0) is 7.90. The summed E-state index contributed by atoms with van der Waals surface area (Å²) in [4.78, 5) is 0. The third-order valence-corrected chi connectivity index (χ3v) is 5.81. The maximum Gasteiger partial charge on any atom is 0.0951 e. The molecule has 1 fully saturated rings. The lowest BCUT2D eigenvalue weighted by molar-refractivity contribution is 0.552. The molecule has 0 radical (unpaired) electrons. The average molecular weight is 170 g/mol. The van der Waals surface area contributed by atoms with Crippen molar-refractivity contribution in [3.8, 4) is 0 Å². The fraction of sp³-hybridized carbons (Fsp3) is 0.778. The second-order valence-electron chi connectivity index (χ2n) is 3.90. The molecule has 1 aliphatic heterocycles. The van der Waals surface area contributed by atoms with E-state index in [-0.39, 0.29) is 0 Å². The molecule has 1 nitrogen and oxygen atoms in total. The monoisotopic (exact) mass is 170 g/mol. The quantitative estimate of drug-likeness (QED) is 0.403. The Balaban J connectivity index is 2.25. The Morgan fingerprint density at radius 3 is 3.09 bits per heavy atom. The van der Waals surface area contributed by atoms with E-state index in [0.717, 1.165) is 6.16 Å². The largest absolute Gasteiger partial charge is 0.323 e. The minimum absolute atomic E-state index is 0.497. The van der Waals surface area contributed by atoms with Crippen LogP contribution < -0.4 is 0 Å². The van der Waals surface area contributed by atoms with Gasteiger partial charge in [-0.3, -0.25) is 0 Å². The number of hydrogen-bond acceptors (Lipinski definition) is 1. The van der Waals surface area contributed by atoms with Crippen LogP contribution in [0.15, 0.2) is 11.6 Å². The minimum atomic E-state index is -1.77. The average Bonchev–Trinajstić information content (AvgIpc) is 2.29. The lowest BCUT2D eigenvalue weighted by atomic mass is 9.95. The van der Waals surface area contributed by atoms with Crippen molar-refractivity contribution in [1.29, 1.82) is 0 Å². The number of hydrogen-bond donors (Lipinski definition) is 0. The highest BCUT2D eigenvalue weighted by Crippen LogP contribution is 2.58. The molecule has 0 amide bonds. The van der Waals surface area contributed by atoms with Crippen molar-refractivity contribution >= 4 is 7.14 Å². The molecule has 1 aliphatic carbocycles. The van der Waals surface area contributed by atoms with Crippen LogP contribution in [0.5, 0.6) is 0 Å². The molecule has 11 heavy (non-hydrogen) atoms. The van der Waals surface area contributed by atoms with Crippen LogP contribution in [-0.4, -0.2) is 18.5 Å². The van der Waals surface area contributed by atoms with Gasteiger partial charge in [0, 0.05) is 11.8 Å².